The van der Waals surface area contributed by atoms with Gasteiger partial charge in [-0.15, -0.1) is 0 Å². The lowest BCUT2D eigenvalue weighted by Gasteiger charge is -2.26. The van der Waals surface area contributed by atoms with Gasteiger partial charge in [0.25, 0.3) is 0 Å². The standard InChI is InChI=1S/C22H30N4O3/c1-4-7-17-15-8-5-6-9-16(15)18-19-20(29-22(18)25-17)21(24-12-23-19)26(10-13(2)27)11-14(3)28/h12-14,27-28H,4-11H2,1-3H3. The van der Waals surface area contributed by atoms with Crippen LogP contribution < -0.4 is 4.90 Å². The second kappa shape index (κ2) is 8.24. The SMILES string of the molecule is CCCc1nc2oc3c(N(CC(C)O)CC(C)O)ncnc3c2c2c1CCCC2. The number of aliphatic hydroxyl groups excluding tert-OH is 2. The van der Waals surface area contributed by atoms with Gasteiger partial charge >= 0.3 is 0 Å². The Morgan fingerprint density at radius 3 is 2.41 bits per heavy atom. The zero-order chi connectivity index (χ0) is 20.5. The first-order valence-corrected chi connectivity index (χ1v) is 10.7. The molecule has 0 bridgehead atoms. The minimum Gasteiger partial charge on any atom is -0.432 e. The zero-order valence-electron chi connectivity index (χ0n) is 17.5. The molecule has 29 heavy (non-hydrogen) atoms. The summed E-state index contributed by atoms with van der Waals surface area (Å²) in [6.07, 6.45) is 6.85. The first-order chi connectivity index (χ1) is 14.0. The number of anilines is 1. The highest BCUT2D eigenvalue weighted by atomic mass is 16.3. The summed E-state index contributed by atoms with van der Waals surface area (Å²) in [6, 6.07) is 0. The second-order valence-corrected chi connectivity index (χ2v) is 8.23. The topological polar surface area (TPSA) is 95.5 Å². The van der Waals surface area contributed by atoms with Gasteiger partial charge in [0.2, 0.25) is 5.71 Å². The summed E-state index contributed by atoms with van der Waals surface area (Å²) < 4.78 is 6.24. The molecule has 156 valence electrons. The molecule has 0 saturated carbocycles. The van der Waals surface area contributed by atoms with Gasteiger partial charge in [-0.3, -0.25) is 0 Å². The van der Waals surface area contributed by atoms with E-state index in [4.69, 9.17) is 9.40 Å². The maximum Gasteiger partial charge on any atom is 0.229 e. The van der Waals surface area contributed by atoms with Crippen LogP contribution in [-0.4, -0.2) is 50.5 Å². The summed E-state index contributed by atoms with van der Waals surface area (Å²) in [5.41, 5.74) is 5.83. The third-order valence-corrected chi connectivity index (χ3v) is 5.54. The van der Waals surface area contributed by atoms with Gasteiger partial charge in [-0.2, -0.15) is 0 Å². The molecular weight excluding hydrogens is 368 g/mol. The van der Waals surface area contributed by atoms with Crippen LogP contribution in [0.2, 0.25) is 0 Å². The van der Waals surface area contributed by atoms with E-state index >= 15 is 0 Å². The van der Waals surface area contributed by atoms with E-state index in [1.165, 1.54) is 24.0 Å². The second-order valence-electron chi connectivity index (χ2n) is 8.23. The summed E-state index contributed by atoms with van der Waals surface area (Å²) in [5, 5.41) is 20.9. The van der Waals surface area contributed by atoms with Crippen LogP contribution in [-0.2, 0) is 19.3 Å². The number of aromatic nitrogens is 3. The fourth-order valence-electron chi connectivity index (χ4n) is 4.48. The molecule has 0 fully saturated rings. The predicted octanol–water partition coefficient (Wildman–Crippen LogP) is 3.17. The summed E-state index contributed by atoms with van der Waals surface area (Å²) in [5.74, 6) is 0.594. The number of hydrogen-bond acceptors (Lipinski definition) is 7. The van der Waals surface area contributed by atoms with Crippen molar-refractivity contribution in [3.05, 3.63) is 23.1 Å². The largest absolute Gasteiger partial charge is 0.432 e. The van der Waals surface area contributed by atoms with Crippen LogP contribution in [0.1, 0.15) is 56.9 Å². The molecule has 2 unspecified atom stereocenters. The van der Waals surface area contributed by atoms with Crippen molar-refractivity contribution >= 4 is 28.0 Å². The molecule has 7 heteroatoms. The Bertz CT molecular complexity index is 1000. The molecule has 1 aliphatic carbocycles. The van der Waals surface area contributed by atoms with E-state index in [1.54, 1.807) is 20.2 Å². The summed E-state index contributed by atoms with van der Waals surface area (Å²) in [4.78, 5) is 15.8. The van der Waals surface area contributed by atoms with Crippen molar-refractivity contribution in [2.75, 3.05) is 18.0 Å². The Kier molecular flexibility index (Phi) is 5.69. The van der Waals surface area contributed by atoms with Crippen LogP contribution in [0, 0.1) is 0 Å². The Hall–Kier alpha value is -2.25. The van der Waals surface area contributed by atoms with Crippen molar-refractivity contribution in [3.8, 4) is 0 Å². The molecule has 4 rings (SSSR count). The third-order valence-electron chi connectivity index (χ3n) is 5.54. The minimum absolute atomic E-state index is 0.348. The number of fused-ring (bicyclic) bond motifs is 5. The molecule has 2 atom stereocenters. The lowest BCUT2D eigenvalue weighted by molar-refractivity contribution is 0.178. The number of hydrogen-bond donors (Lipinski definition) is 2. The van der Waals surface area contributed by atoms with Crippen molar-refractivity contribution in [1.82, 2.24) is 15.0 Å². The van der Waals surface area contributed by atoms with E-state index in [1.807, 2.05) is 4.90 Å². The molecule has 3 aromatic heterocycles. The fraction of sp³-hybridized carbons (Fsp3) is 0.591. The van der Waals surface area contributed by atoms with Crippen LogP contribution >= 0.6 is 0 Å². The van der Waals surface area contributed by atoms with Gasteiger partial charge in [-0.25, -0.2) is 15.0 Å². The van der Waals surface area contributed by atoms with Crippen molar-refractivity contribution < 1.29 is 14.6 Å². The highest BCUT2D eigenvalue weighted by Gasteiger charge is 2.26. The van der Waals surface area contributed by atoms with Gasteiger partial charge in [0.05, 0.1) is 17.6 Å². The monoisotopic (exact) mass is 398 g/mol. The van der Waals surface area contributed by atoms with Crippen LogP contribution in [0.4, 0.5) is 5.82 Å². The molecule has 3 aromatic rings. The lowest BCUT2D eigenvalue weighted by atomic mass is 9.88. The fourth-order valence-corrected chi connectivity index (χ4v) is 4.48. The van der Waals surface area contributed by atoms with Gasteiger partial charge in [0.1, 0.15) is 11.8 Å². The molecule has 0 radical (unpaired) electrons. The third kappa shape index (κ3) is 3.81. The maximum absolute atomic E-state index is 9.95. The average Bonchev–Trinajstić information content (AvgIpc) is 3.05. The van der Waals surface area contributed by atoms with E-state index in [0.717, 1.165) is 42.3 Å². The molecule has 0 spiro atoms. The van der Waals surface area contributed by atoms with Gasteiger partial charge in [-0.05, 0) is 57.1 Å². The molecule has 0 aromatic carbocycles. The van der Waals surface area contributed by atoms with Gasteiger partial charge in [-0.1, -0.05) is 13.3 Å². The summed E-state index contributed by atoms with van der Waals surface area (Å²) in [7, 11) is 0. The number of rotatable bonds is 7. The lowest BCUT2D eigenvalue weighted by Crippen LogP contribution is -2.37. The van der Waals surface area contributed by atoms with E-state index in [9.17, 15) is 10.2 Å². The molecule has 3 heterocycles. The summed E-state index contributed by atoms with van der Waals surface area (Å²) >= 11 is 0. The molecular formula is C22H30N4O3. The molecule has 0 aliphatic heterocycles. The van der Waals surface area contributed by atoms with E-state index in [2.05, 4.69) is 16.9 Å². The minimum atomic E-state index is -0.565. The number of nitrogens with zero attached hydrogens (tertiary/aromatic N) is 4. The van der Waals surface area contributed by atoms with E-state index in [0.29, 0.717) is 30.2 Å². The van der Waals surface area contributed by atoms with Gasteiger partial charge in [0.15, 0.2) is 11.4 Å². The van der Waals surface area contributed by atoms with Crippen molar-refractivity contribution in [1.29, 1.82) is 0 Å². The summed E-state index contributed by atoms with van der Waals surface area (Å²) in [6.45, 7) is 6.32. The zero-order valence-corrected chi connectivity index (χ0v) is 17.5. The van der Waals surface area contributed by atoms with E-state index in [-0.39, 0.29) is 0 Å². The Balaban J connectivity index is 1.94. The number of pyridine rings is 1. The van der Waals surface area contributed by atoms with Crippen LogP contribution in [0.5, 0.6) is 0 Å². The Morgan fingerprint density at radius 2 is 1.76 bits per heavy atom. The molecule has 0 saturated heterocycles. The predicted molar refractivity (Wildman–Crippen MR) is 113 cm³/mol. The Morgan fingerprint density at radius 1 is 1.07 bits per heavy atom. The quantitative estimate of drug-likeness (QED) is 0.631. The molecule has 0 amide bonds. The normalized spacial score (nSPS) is 16.2. The molecule has 2 N–H and O–H groups in total. The van der Waals surface area contributed by atoms with Crippen LogP contribution in [0.3, 0.4) is 0 Å². The van der Waals surface area contributed by atoms with Gasteiger partial charge < -0.3 is 19.5 Å². The first kappa shape index (κ1) is 20.0. The van der Waals surface area contributed by atoms with Crippen LogP contribution in [0.15, 0.2) is 10.7 Å². The van der Waals surface area contributed by atoms with Crippen LogP contribution in [0.25, 0.3) is 22.2 Å². The van der Waals surface area contributed by atoms with Crippen molar-refractivity contribution in [3.63, 3.8) is 0 Å². The number of aryl methyl sites for hydroxylation is 2. The van der Waals surface area contributed by atoms with Crippen molar-refractivity contribution in [2.24, 2.45) is 0 Å². The number of furan rings is 1. The highest BCUT2D eigenvalue weighted by Crippen LogP contribution is 2.38. The van der Waals surface area contributed by atoms with Gasteiger partial charge in [0, 0.05) is 18.8 Å². The van der Waals surface area contributed by atoms with Crippen molar-refractivity contribution in [2.45, 2.75) is 71.5 Å². The highest BCUT2D eigenvalue weighted by molar-refractivity contribution is 6.06. The smallest absolute Gasteiger partial charge is 0.229 e. The maximum atomic E-state index is 9.95. The molecule has 7 nitrogen and oxygen atoms in total. The first-order valence-electron chi connectivity index (χ1n) is 10.7. The molecule has 1 aliphatic rings. The number of aliphatic hydroxyl groups is 2. The Labute approximate surface area is 170 Å². The van der Waals surface area contributed by atoms with E-state index < -0.39 is 12.2 Å². The average molecular weight is 399 g/mol.